The highest BCUT2D eigenvalue weighted by Crippen LogP contribution is 2.01. The minimum atomic E-state index is 0.984. The summed E-state index contributed by atoms with van der Waals surface area (Å²) in [6.45, 7) is 2.22. The Morgan fingerprint density at radius 2 is 1.69 bits per heavy atom. The summed E-state index contributed by atoms with van der Waals surface area (Å²) in [6, 6.07) is 1.98. The van der Waals surface area contributed by atoms with Crippen molar-refractivity contribution in [3.8, 4) is 6.07 Å². The lowest BCUT2D eigenvalue weighted by molar-refractivity contribution is 0.728. The summed E-state index contributed by atoms with van der Waals surface area (Å²) < 4.78 is 0. The van der Waals surface area contributed by atoms with Crippen LogP contribution in [-0.4, -0.2) is 0 Å². The molecule has 0 aliphatic rings. The molecule has 0 heterocycles. The van der Waals surface area contributed by atoms with Crippen molar-refractivity contribution in [1.29, 1.82) is 5.26 Å². The maximum atomic E-state index is 8.21. The SMILES string of the molecule is CCCCC/C=C/CC/C=C/C#N. The fraction of sp³-hybridized carbons (Fsp3) is 0.583. The van der Waals surface area contributed by atoms with E-state index in [1.165, 1.54) is 25.7 Å². The highest BCUT2D eigenvalue weighted by Gasteiger charge is 1.81. The molecule has 72 valence electrons. The quantitative estimate of drug-likeness (QED) is 0.328. The maximum absolute atomic E-state index is 8.21. The highest BCUT2D eigenvalue weighted by atomic mass is 14.2. The van der Waals surface area contributed by atoms with Crippen LogP contribution in [0.2, 0.25) is 0 Å². The van der Waals surface area contributed by atoms with E-state index in [0.29, 0.717) is 0 Å². The summed E-state index contributed by atoms with van der Waals surface area (Å²) in [5.41, 5.74) is 0. The fourth-order valence-corrected chi connectivity index (χ4v) is 1.08. The van der Waals surface area contributed by atoms with Gasteiger partial charge in [-0.25, -0.2) is 0 Å². The molecule has 0 fully saturated rings. The van der Waals surface area contributed by atoms with Crippen LogP contribution in [0.1, 0.15) is 45.4 Å². The number of allylic oxidation sites excluding steroid dienone is 4. The van der Waals surface area contributed by atoms with Crippen LogP contribution >= 0.6 is 0 Å². The van der Waals surface area contributed by atoms with E-state index in [4.69, 9.17) is 5.26 Å². The Hall–Kier alpha value is -1.03. The van der Waals surface area contributed by atoms with Gasteiger partial charge in [0.25, 0.3) is 0 Å². The summed E-state index contributed by atoms with van der Waals surface area (Å²) in [5.74, 6) is 0. The molecule has 0 spiro atoms. The molecule has 13 heavy (non-hydrogen) atoms. The molecule has 0 amide bonds. The summed E-state index contributed by atoms with van der Waals surface area (Å²) in [7, 11) is 0. The molecule has 0 aromatic carbocycles. The van der Waals surface area contributed by atoms with Crippen molar-refractivity contribution in [2.24, 2.45) is 0 Å². The Morgan fingerprint density at radius 1 is 1.00 bits per heavy atom. The first kappa shape index (κ1) is 12.0. The molecule has 0 bridgehead atoms. The van der Waals surface area contributed by atoms with Gasteiger partial charge < -0.3 is 0 Å². The van der Waals surface area contributed by atoms with Crippen molar-refractivity contribution < 1.29 is 0 Å². The van der Waals surface area contributed by atoms with Crippen molar-refractivity contribution in [3.05, 3.63) is 24.3 Å². The van der Waals surface area contributed by atoms with E-state index < -0.39 is 0 Å². The molecule has 0 radical (unpaired) electrons. The van der Waals surface area contributed by atoms with Gasteiger partial charge in [0, 0.05) is 6.08 Å². The van der Waals surface area contributed by atoms with Crippen LogP contribution in [0.3, 0.4) is 0 Å². The lowest BCUT2D eigenvalue weighted by Crippen LogP contribution is -1.71. The third-order valence-corrected chi connectivity index (χ3v) is 1.83. The molecule has 0 saturated heterocycles. The second-order valence-electron chi connectivity index (χ2n) is 3.08. The number of unbranched alkanes of at least 4 members (excludes halogenated alkanes) is 4. The third-order valence-electron chi connectivity index (χ3n) is 1.83. The van der Waals surface area contributed by atoms with Gasteiger partial charge in [-0.3, -0.25) is 0 Å². The first-order valence-electron chi connectivity index (χ1n) is 5.11. The Labute approximate surface area is 81.8 Å². The number of nitriles is 1. The van der Waals surface area contributed by atoms with Crippen LogP contribution in [0.5, 0.6) is 0 Å². The van der Waals surface area contributed by atoms with Crippen molar-refractivity contribution in [3.63, 3.8) is 0 Å². The van der Waals surface area contributed by atoms with Crippen LogP contribution in [-0.2, 0) is 0 Å². The zero-order valence-corrected chi connectivity index (χ0v) is 8.50. The second kappa shape index (κ2) is 11.0. The van der Waals surface area contributed by atoms with Crippen LogP contribution in [0.4, 0.5) is 0 Å². The van der Waals surface area contributed by atoms with Gasteiger partial charge in [0.15, 0.2) is 0 Å². The number of hydrogen-bond donors (Lipinski definition) is 0. The smallest absolute Gasteiger partial charge is 0.0908 e. The Morgan fingerprint density at radius 3 is 2.38 bits per heavy atom. The van der Waals surface area contributed by atoms with Crippen molar-refractivity contribution in [2.75, 3.05) is 0 Å². The van der Waals surface area contributed by atoms with Crippen LogP contribution in [0, 0.1) is 11.3 Å². The van der Waals surface area contributed by atoms with E-state index in [-0.39, 0.29) is 0 Å². The summed E-state index contributed by atoms with van der Waals surface area (Å²) in [6.07, 6.45) is 15.1. The maximum Gasteiger partial charge on any atom is 0.0908 e. The Bertz CT molecular complexity index is 184. The predicted molar refractivity (Wildman–Crippen MR) is 57.3 cm³/mol. The van der Waals surface area contributed by atoms with Gasteiger partial charge in [0.05, 0.1) is 6.07 Å². The molecular weight excluding hydrogens is 158 g/mol. The van der Waals surface area contributed by atoms with Gasteiger partial charge in [0.2, 0.25) is 0 Å². The molecule has 0 atom stereocenters. The molecule has 0 aromatic heterocycles. The predicted octanol–water partition coefficient (Wildman–Crippen LogP) is 3.98. The lowest BCUT2D eigenvalue weighted by Gasteiger charge is -1.91. The molecular formula is C12H19N. The topological polar surface area (TPSA) is 23.8 Å². The highest BCUT2D eigenvalue weighted by molar-refractivity contribution is 5.02. The molecule has 0 rings (SSSR count). The normalized spacial score (nSPS) is 11.1. The average Bonchev–Trinajstić information content (AvgIpc) is 2.16. The van der Waals surface area contributed by atoms with E-state index in [1.54, 1.807) is 6.08 Å². The van der Waals surface area contributed by atoms with E-state index in [2.05, 4.69) is 19.1 Å². The van der Waals surface area contributed by atoms with E-state index in [9.17, 15) is 0 Å². The largest absolute Gasteiger partial charge is 0.193 e. The molecule has 0 aliphatic heterocycles. The first-order chi connectivity index (χ1) is 6.41. The molecule has 0 unspecified atom stereocenters. The lowest BCUT2D eigenvalue weighted by atomic mass is 10.2. The molecule has 0 aromatic rings. The zero-order chi connectivity index (χ0) is 9.78. The van der Waals surface area contributed by atoms with Gasteiger partial charge in [-0.15, -0.1) is 0 Å². The zero-order valence-electron chi connectivity index (χ0n) is 8.50. The van der Waals surface area contributed by atoms with Gasteiger partial charge in [0.1, 0.15) is 0 Å². The standard InChI is InChI=1S/C12H19N/c1-2-3-4-5-6-7-8-9-10-11-12-13/h6-7,10-11H,2-5,8-9H2,1H3/b7-6+,11-10+. The number of nitrogens with zero attached hydrogens (tertiary/aromatic N) is 1. The Balaban J connectivity index is 3.13. The molecule has 0 aliphatic carbocycles. The average molecular weight is 177 g/mol. The first-order valence-corrected chi connectivity index (χ1v) is 5.11. The fourth-order valence-electron chi connectivity index (χ4n) is 1.08. The molecule has 0 N–H and O–H groups in total. The second-order valence-corrected chi connectivity index (χ2v) is 3.08. The molecule has 1 nitrogen and oxygen atoms in total. The Kier molecular flexibility index (Phi) is 10.1. The molecule has 0 saturated carbocycles. The van der Waals surface area contributed by atoms with E-state index >= 15 is 0 Å². The van der Waals surface area contributed by atoms with Crippen molar-refractivity contribution in [1.82, 2.24) is 0 Å². The third kappa shape index (κ3) is 11.0. The number of hydrogen-bond acceptors (Lipinski definition) is 1. The summed E-state index contributed by atoms with van der Waals surface area (Å²) >= 11 is 0. The summed E-state index contributed by atoms with van der Waals surface area (Å²) in [4.78, 5) is 0. The van der Waals surface area contributed by atoms with E-state index in [1.807, 2.05) is 12.1 Å². The number of rotatable bonds is 7. The van der Waals surface area contributed by atoms with Gasteiger partial charge >= 0.3 is 0 Å². The monoisotopic (exact) mass is 177 g/mol. The minimum absolute atomic E-state index is 0.984. The van der Waals surface area contributed by atoms with Gasteiger partial charge in [-0.2, -0.15) is 5.26 Å². The van der Waals surface area contributed by atoms with Gasteiger partial charge in [-0.05, 0) is 25.7 Å². The van der Waals surface area contributed by atoms with Crippen LogP contribution < -0.4 is 0 Å². The van der Waals surface area contributed by atoms with E-state index in [0.717, 1.165) is 12.8 Å². The minimum Gasteiger partial charge on any atom is -0.193 e. The molecule has 1 heteroatoms. The van der Waals surface area contributed by atoms with Crippen molar-refractivity contribution in [2.45, 2.75) is 45.4 Å². The van der Waals surface area contributed by atoms with Gasteiger partial charge in [-0.1, -0.05) is 38.0 Å². The van der Waals surface area contributed by atoms with Crippen LogP contribution in [0.25, 0.3) is 0 Å². The van der Waals surface area contributed by atoms with Crippen LogP contribution in [0.15, 0.2) is 24.3 Å². The summed E-state index contributed by atoms with van der Waals surface area (Å²) in [5, 5.41) is 8.21. The van der Waals surface area contributed by atoms with Crippen molar-refractivity contribution >= 4 is 0 Å².